The molecule has 1 aliphatic carbocycles. The van der Waals surface area contributed by atoms with Gasteiger partial charge in [-0.1, -0.05) is 5.21 Å². The summed E-state index contributed by atoms with van der Waals surface area (Å²) < 4.78 is 6.97. The van der Waals surface area contributed by atoms with Crippen LogP contribution in [0, 0.1) is 5.92 Å². The summed E-state index contributed by atoms with van der Waals surface area (Å²) in [5.74, 6) is 0.445. The van der Waals surface area contributed by atoms with E-state index in [1.165, 1.54) is 0 Å². The molecule has 0 bridgehead atoms. The number of hydrogen-bond acceptors (Lipinski definition) is 6. The molecular weight excluding hydrogens is 258 g/mol. The Morgan fingerprint density at radius 2 is 2.20 bits per heavy atom. The molecule has 0 aliphatic heterocycles. The fourth-order valence-corrected chi connectivity index (χ4v) is 1.91. The maximum atomic E-state index is 12.0. The van der Waals surface area contributed by atoms with Gasteiger partial charge in [0.25, 0.3) is 0 Å². The molecule has 1 atom stereocenters. The number of hydrogen-bond donors (Lipinski definition) is 0. The minimum Gasteiger partial charge on any atom is -0.457 e. The van der Waals surface area contributed by atoms with Crippen LogP contribution in [0.5, 0.6) is 6.01 Å². The molecule has 2 heterocycles. The van der Waals surface area contributed by atoms with Gasteiger partial charge < -0.3 is 4.74 Å². The van der Waals surface area contributed by atoms with Gasteiger partial charge in [0.05, 0.1) is 6.20 Å². The highest BCUT2D eigenvalue weighted by Crippen LogP contribution is 2.33. The van der Waals surface area contributed by atoms with Gasteiger partial charge in [0.2, 0.25) is 0 Å². The third-order valence-corrected chi connectivity index (χ3v) is 3.24. The van der Waals surface area contributed by atoms with E-state index < -0.39 is 0 Å². The Balaban J connectivity index is 1.60. The largest absolute Gasteiger partial charge is 0.457 e. The van der Waals surface area contributed by atoms with Crippen LogP contribution in [0.15, 0.2) is 24.7 Å². The predicted molar refractivity (Wildman–Crippen MR) is 68.8 cm³/mol. The summed E-state index contributed by atoms with van der Waals surface area (Å²) in [6, 6.07) is 1.75. The van der Waals surface area contributed by atoms with E-state index in [0.29, 0.717) is 11.7 Å². The topological polar surface area (TPSA) is 82.8 Å². The van der Waals surface area contributed by atoms with Crippen molar-refractivity contribution < 1.29 is 9.53 Å². The Labute approximate surface area is 116 Å². The van der Waals surface area contributed by atoms with Crippen molar-refractivity contribution in [3.05, 3.63) is 30.4 Å². The Morgan fingerprint density at radius 1 is 1.45 bits per heavy atom. The van der Waals surface area contributed by atoms with Crippen molar-refractivity contribution >= 4 is 5.78 Å². The molecule has 20 heavy (non-hydrogen) atoms. The van der Waals surface area contributed by atoms with Crippen LogP contribution in [-0.4, -0.2) is 30.7 Å². The zero-order valence-corrected chi connectivity index (χ0v) is 11.1. The third-order valence-electron chi connectivity index (χ3n) is 3.24. The molecule has 0 aromatic carbocycles. The number of Topliss-reactive ketones (excluding diaryl/α,β-unsaturated/α-hetero) is 1. The van der Waals surface area contributed by atoms with Crippen LogP contribution in [-0.2, 0) is 11.4 Å². The molecule has 104 valence electrons. The zero-order chi connectivity index (χ0) is 13.9. The molecule has 0 N–H and O–H groups in total. The van der Waals surface area contributed by atoms with Crippen molar-refractivity contribution in [2.75, 3.05) is 0 Å². The van der Waals surface area contributed by atoms with Crippen LogP contribution in [0.25, 0.3) is 0 Å². The summed E-state index contributed by atoms with van der Waals surface area (Å²) in [6.07, 6.45) is 6.94. The van der Waals surface area contributed by atoms with Crippen molar-refractivity contribution in [3.63, 3.8) is 0 Å². The summed E-state index contributed by atoms with van der Waals surface area (Å²) in [6.45, 7) is 2.08. The normalized spacial score (nSPS) is 15.8. The molecular formula is C13H15N5O2. The smallest absolute Gasteiger partial charge is 0.316 e. The number of ketones is 1. The minimum atomic E-state index is -0.267. The first-order valence-electron chi connectivity index (χ1n) is 6.58. The molecule has 7 heteroatoms. The lowest BCUT2D eigenvalue weighted by molar-refractivity contribution is -0.123. The molecule has 0 amide bonds. The van der Waals surface area contributed by atoms with Gasteiger partial charge in [0.1, 0.15) is 18.3 Å². The third kappa shape index (κ3) is 2.81. The highest BCUT2D eigenvalue weighted by Gasteiger charge is 2.33. The molecule has 1 unspecified atom stereocenters. The average Bonchev–Trinajstić information content (AvgIpc) is 3.23. The van der Waals surface area contributed by atoms with Crippen LogP contribution in [0.1, 0.15) is 31.5 Å². The van der Waals surface area contributed by atoms with Crippen molar-refractivity contribution in [1.82, 2.24) is 25.0 Å². The summed E-state index contributed by atoms with van der Waals surface area (Å²) in [5, 5.41) is 7.98. The quantitative estimate of drug-likeness (QED) is 0.786. The molecule has 7 nitrogen and oxygen atoms in total. The van der Waals surface area contributed by atoms with Gasteiger partial charge in [-0.2, -0.15) is 0 Å². The van der Waals surface area contributed by atoms with Gasteiger partial charge in [-0.05, 0) is 25.8 Å². The number of nitrogens with zero attached hydrogens (tertiary/aromatic N) is 5. The van der Waals surface area contributed by atoms with E-state index in [9.17, 15) is 4.79 Å². The summed E-state index contributed by atoms with van der Waals surface area (Å²) >= 11 is 0. The number of rotatable bonds is 6. The molecule has 0 saturated heterocycles. The van der Waals surface area contributed by atoms with Crippen LogP contribution in [0.4, 0.5) is 0 Å². The van der Waals surface area contributed by atoms with Crippen LogP contribution < -0.4 is 4.74 Å². The number of carbonyl (C=O) groups is 1. The fourth-order valence-electron chi connectivity index (χ4n) is 1.91. The molecule has 1 aliphatic rings. The molecule has 2 aromatic rings. The van der Waals surface area contributed by atoms with Crippen molar-refractivity contribution in [2.24, 2.45) is 5.92 Å². The Hall–Kier alpha value is -2.31. The van der Waals surface area contributed by atoms with E-state index in [-0.39, 0.29) is 24.3 Å². The van der Waals surface area contributed by atoms with Gasteiger partial charge in [-0.15, -0.1) is 5.10 Å². The SMILES string of the molecule is CC(C(=O)C1CC1)n1cc(COc2ncccn2)nn1. The maximum absolute atomic E-state index is 12.0. The highest BCUT2D eigenvalue weighted by atomic mass is 16.5. The second-order valence-electron chi connectivity index (χ2n) is 4.86. The van der Waals surface area contributed by atoms with E-state index in [4.69, 9.17) is 4.74 Å². The monoisotopic (exact) mass is 273 g/mol. The second kappa shape index (κ2) is 5.36. The van der Waals surface area contributed by atoms with Gasteiger partial charge in [0.15, 0.2) is 5.78 Å². The second-order valence-corrected chi connectivity index (χ2v) is 4.86. The summed E-state index contributed by atoms with van der Waals surface area (Å²) in [7, 11) is 0. The zero-order valence-electron chi connectivity index (χ0n) is 11.1. The van der Waals surface area contributed by atoms with Crippen molar-refractivity contribution in [1.29, 1.82) is 0 Å². The van der Waals surface area contributed by atoms with E-state index in [1.807, 2.05) is 6.92 Å². The van der Waals surface area contributed by atoms with Gasteiger partial charge in [-0.25, -0.2) is 14.6 Å². The summed E-state index contributed by atoms with van der Waals surface area (Å²) in [5.41, 5.74) is 0.646. The molecule has 1 fully saturated rings. The van der Waals surface area contributed by atoms with Crippen molar-refractivity contribution in [2.45, 2.75) is 32.4 Å². The fraction of sp³-hybridized carbons (Fsp3) is 0.462. The van der Waals surface area contributed by atoms with Gasteiger partial charge in [0, 0.05) is 18.3 Å². The number of ether oxygens (including phenoxy) is 1. The predicted octanol–water partition coefficient (Wildman–Crippen LogP) is 1.19. The van der Waals surface area contributed by atoms with E-state index in [1.54, 1.807) is 29.3 Å². The minimum absolute atomic E-state index is 0.214. The lowest BCUT2D eigenvalue weighted by Gasteiger charge is -2.08. The lowest BCUT2D eigenvalue weighted by Crippen LogP contribution is -2.18. The molecule has 0 radical (unpaired) electrons. The lowest BCUT2D eigenvalue weighted by atomic mass is 10.1. The Kier molecular flexibility index (Phi) is 3.41. The van der Waals surface area contributed by atoms with Gasteiger partial charge >= 0.3 is 6.01 Å². The van der Waals surface area contributed by atoms with E-state index in [0.717, 1.165) is 12.8 Å². The van der Waals surface area contributed by atoms with E-state index >= 15 is 0 Å². The maximum Gasteiger partial charge on any atom is 0.316 e. The standard InChI is InChI=1S/C13H15N5O2/c1-9(12(19)10-3-4-10)18-7-11(16-17-18)8-20-13-14-5-2-6-15-13/h2,5-7,9-10H,3-4,8H2,1H3. The summed E-state index contributed by atoms with van der Waals surface area (Å²) in [4.78, 5) is 19.9. The first-order chi connectivity index (χ1) is 9.74. The molecule has 1 saturated carbocycles. The first-order valence-corrected chi connectivity index (χ1v) is 6.58. The highest BCUT2D eigenvalue weighted by molar-refractivity contribution is 5.86. The number of carbonyl (C=O) groups excluding carboxylic acids is 1. The van der Waals surface area contributed by atoms with E-state index in [2.05, 4.69) is 20.3 Å². The van der Waals surface area contributed by atoms with Gasteiger partial charge in [-0.3, -0.25) is 4.79 Å². The number of aromatic nitrogens is 5. The van der Waals surface area contributed by atoms with Crippen molar-refractivity contribution in [3.8, 4) is 6.01 Å². The van der Waals surface area contributed by atoms with Crippen LogP contribution in [0.2, 0.25) is 0 Å². The average molecular weight is 273 g/mol. The molecule has 2 aromatic heterocycles. The first kappa shape index (κ1) is 12.7. The van der Waals surface area contributed by atoms with Crippen LogP contribution >= 0.6 is 0 Å². The Morgan fingerprint density at radius 3 is 2.90 bits per heavy atom. The molecule has 3 rings (SSSR count). The molecule has 0 spiro atoms. The van der Waals surface area contributed by atoms with Crippen LogP contribution in [0.3, 0.4) is 0 Å². The Bertz CT molecular complexity index is 594.